The third kappa shape index (κ3) is 3.23. The highest BCUT2D eigenvalue weighted by Crippen LogP contribution is 2.49. The van der Waals surface area contributed by atoms with Crippen molar-refractivity contribution in [1.29, 1.82) is 0 Å². The molecule has 1 fully saturated rings. The van der Waals surface area contributed by atoms with E-state index in [1.54, 1.807) is 24.3 Å². The van der Waals surface area contributed by atoms with Gasteiger partial charge in [0.1, 0.15) is 35.9 Å². The van der Waals surface area contributed by atoms with E-state index in [4.69, 9.17) is 9.47 Å². The number of aromatic hydroxyl groups is 1. The van der Waals surface area contributed by atoms with E-state index in [-0.39, 0.29) is 5.75 Å². The zero-order chi connectivity index (χ0) is 20.9. The molecule has 6 N–H and O–H groups in total. The molecule has 2 heterocycles. The first-order valence-electron chi connectivity index (χ1n) is 9.45. The number of hydrogen-bond donors (Lipinski definition) is 6. The predicted octanol–water partition coefficient (Wildman–Crippen LogP) is 0.954. The van der Waals surface area contributed by atoms with Gasteiger partial charge in [0.2, 0.25) is 6.29 Å². The van der Waals surface area contributed by atoms with Crippen LogP contribution in [0.2, 0.25) is 0 Å². The Bertz CT molecular complexity index is 914. The molecule has 0 spiro atoms. The monoisotopic (exact) mass is 403 g/mol. The zero-order valence-electron chi connectivity index (χ0n) is 16.1. The van der Waals surface area contributed by atoms with Crippen molar-refractivity contribution in [2.24, 2.45) is 0 Å². The Balaban J connectivity index is 1.65. The summed E-state index contributed by atoms with van der Waals surface area (Å²) < 4.78 is 11.2. The minimum absolute atomic E-state index is 0.186. The number of anilines is 2. The Labute approximate surface area is 168 Å². The summed E-state index contributed by atoms with van der Waals surface area (Å²) in [5.74, 6) is 0.563. The molecule has 29 heavy (non-hydrogen) atoms. The van der Waals surface area contributed by atoms with Gasteiger partial charge in [0, 0.05) is 22.4 Å². The van der Waals surface area contributed by atoms with E-state index in [2.05, 4.69) is 5.32 Å². The SMILES string of the molecule is CC1(C)c2cc(O[C@@H]3O[C@H](CO)[C@H](O)[C@H](O)[C@H]3O)ccc2Nc2cccc(O)c21. The molecule has 2 aromatic rings. The smallest absolute Gasteiger partial charge is 0.229 e. The van der Waals surface area contributed by atoms with Gasteiger partial charge in [-0.25, -0.2) is 0 Å². The Kier molecular flexibility index (Phi) is 4.92. The molecular formula is C21H25NO7. The number of aliphatic hydroxyl groups excluding tert-OH is 4. The molecule has 0 aromatic heterocycles. The minimum atomic E-state index is -1.51. The van der Waals surface area contributed by atoms with Crippen molar-refractivity contribution in [2.75, 3.05) is 11.9 Å². The zero-order valence-corrected chi connectivity index (χ0v) is 16.1. The van der Waals surface area contributed by atoms with E-state index in [1.165, 1.54) is 0 Å². The minimum Gasteiger partial charge on any atom is -0.508 e. The van der Waals surface area contributed by atoms with E-state index in [0.29, 0.717) is 5.75 Å². The lowest BCUT2D eigenvalue weighted by Crippen LogP contribution is -2.60. The molecular weight excluding hydrogens is 378 g/mol. The number of benzene rings is 2. The van der Waals surface area contributed by atoms with Crippen molar-refractivity contribution < 1.29 is 35.0 Å². The van der Waals surface area contributed by atoms with Crippen LogP contribution in [0.1, 0.15) is 25.0 Å². The van der Waals surface area contributed by atoms with E-state index in [1.807, 2.05) is 26.0 Å². The van der Waals surface area contributed by atoms with Crippen LogP contribution < -0.4 is 10.1 Å². The fourth-order valence-electron chi connectivity index (χ4n) is 4.10. The van der Waals surface area contributed by atoms with Crippen LogP contribution in [0.25, 0.3) is 0 Å². The standard InChI is InChI=1S/C21H25NO7/c1-21(2)11-8-10(28-20-19(27)18(26)17(25)15(9-23)29-20)6-7-12(11)22-13-4-3-5-14(24)16(13)21/h3-8,15,17-20,22-27H,9H2,1-2H3/t15-,17+,18+,19-,20-/m1/s1. The number of ether oxygens (including phenoxy) is 2. The van der Waals surface area contributed by atoms with E-state index < -0.39 is 42.7 Å². The van der Waals surface area contributed by atoms with E-state index in [0.717, 1.165) is 22.5 Å². The molecule has 156 valence electrons. The molecule has 0 unspecified atom stereocenters. The molecule has 5 atom stereocenters. The van der Waals surface area contributed by atoms with Gasteiger partial charge in [0.15, 0.2) is 0 Å². The summed E-state index contributed by atoms with van der Waals surface area (Å²) in [7, 11) is 0. The van der Waals surface area contributed by atoms with Crippen LogP contribution in [-0.4, -0.2) is 62.8 Å². The maximum absolute atomic E-state index is 10.4. The van der Waals surface area contributed by atoms with Crippen LogP contribution in [0, 0.1) is 0 Å². The highest BCUT2D eigenvalue weighted by Gasteiger charge is 2.45. The van der Waals surface area contributed by atoms with Crippen molar-refractivity contribution >= 4 is 11.4 Å². The molecule has 8 heteroatoms. The summed E-state index contributed by atoms with van der Waals surface area (Å²) in [6.07, 6.45) is -6.74. The van der Waals surface area contributed by atoms with E-state index in [9.17, 15) is 25.5 Å². The first-order chi connectivity index (χ1) is 13.7. The number of aliphatic hydroxyl groups is 4. The molecule has 0 saturated carbocycles. The summed E-state index contributed by atoms with van der Waals surface area (Å²) >= 11 is 0. The largest absolute Gasteiger partial charge is 0.508 e. The van der Waals surface area contributed by atoms with Crippen LogP contribution in [0.4, 0.5) is 11.4 Å². The lowest BCUT2D eigenvalue weighted by Gasteiger charge is -2.40. The molecule has 0 aliphatic carbocycles. The second-order valence-corrected chi connectivity index (χ2v) is 7.97. The Morgan fingerprint density at radius 1 is 1.03 bits per heavy atom. The Morgan fingerprint density at radius 3 is 2.52 bits per heavy atom. The van der Waals surface area contributed by atoms with Gasteiger partial charge in [-0.1, -0.05) is 19.9 Å². The van der Waals surface area contributed by atoms with Crippen molar-refractivity contribution in [3.8, 4) is 11.5 Å². The van der Waals surface area contributed by atoms with Crippen LogP contribution in [0.3, 0.4) is 0 Å². The second-order valence-electron chi connectivity index (χ2n) is 7.97. The predicted molar refractivity (Wildman–Crippen MR) is 104 cm³/mol. The number of phenols is 1. The van der Waals surface area contributed by atoms with Gasteiger partial charge in [0.05, 0.1) is 6.61 Å². The molecule has 1 saturated heterocycles. The fourth-order valence-corrected chi connectivity index (χ4v) is 4.10. The van der Waals surface area contributed by atoms with Crippen LogP contribution in [0.15, 0.2) is 36.4 Å². The summed E-state index contributed by atoms with van der Waals surface area (Å²) in [5.41, 5.74) is 2.78. The molecule has 0 amide bonds. The summed E-state index contributed by atoms with van der Waals surface area (Å²) in [4.78, 5) is 0. The van der Waals surface area contributed by atoms with Crippen LogP contribution in [-0.2, 0) is 10.2 Å². The van der Waals surface area contributed by atoms with Gasteiger partial charge in [0.25, 0.3) is 0 Å². The summed E-state index contributed by atoms with van der Waals surface area (Å²) in [5, 5.41) is 53.1. The van der Waals surface area contributed by atoms with Crippen molar-refractivity contribution in [2.45, 2.75) is 50.0 Å². The maximum Gasteiger partial charge on any atom is 0.229 e. The van der Waals surface area contributed by atoms with E-state index >= 15 is 0 Å². The molecule has 8 nitrogen and oxygen atoms in total. The normalized spacial score (nSPS) is 30.1. The van der Waals surface area contributed by atoms with Crippen molar-refractivity contribution in [3.63, 3.8) is 0 Å². The molecule has 0 radical (unpaired) electrons. The maximum atomic E-state index is 10.4. The molecule has 2 aliphatic rings. The third-order valence-corrected chi connectivity index (χ3v) is 5.70. The average Bonchev–Trinajstić information content (AvgIpc) is 2.68. The molecule has 0 bridgehead atoms. The average molecular weight is 403 g/mol. The van der Waals surface area contributed by atoms with Gasteiger partial charge >= 0.3 is 0 Å². The molecule has 4 rings (SSSR count). The summed E-state index contributed by atoms with van der Waals surface area (Å²) in [6.45, 7) is 3.45. The van der Waals surface area contributed by atoms with Gasteiger partial charge < -0.3 is 40.3 Å². The van der Waals surface area contributed by atoms with Crippen LogP contribution in [0.5, 0.6) is 11.5 Å². The van der Waals surface area contributed by atoms with Crippen molar-refractivity contribution in [3.05, 3.63) is 47.5 Å². The number of nitrogens with one attached hydrogen (secondary N) is 1. The Hall–Kier alpha value is -2.36. The fraction of sp³-hybridized carbons (Fsp3) is 0.429. The van der Waals surface area contributed by atoms with Crippen molar-refractivity contribution in [1.82, 2.24) is 0 Å². The lowest BCUT2D eigenvalue weighted by atomic mass is 9.74. The third-order valence-electron chi connectivity index (χ3n) is 5.70. The topological polar surface area (TPSA) is 132 Å². The first-order valence-corrected chi connectivity index (χ1v) is 9.45. The first kappa shape index (κ1) is 19.9. The molecule has 2 aliphatic heterocycles. The number of hydrogen-bond acceptors (Lipinski definition) is 8. The van der Waals surface area contributed by atoms with Gasteiger partial charge in [-0.15, -0.1) is 0 Å². The summed E-state index contributed by atoms with van der Waals surface area (Å²) in [6, 6.07) is 10.6. The quantitative estimate of drug-likeness (QED) is 0.447. The highest BCUT2D eigenvalue weighted by molar-refractivity contribution is 5.78. The number of phenolic OH excluding ortho intramolecular Hbond substituents is 1. The number of rotatable bonds is 3. The van der Waals surface area contributed by atoms with Crippen LogP contribution >= 0.6 is 0 Å². The lowest BCUT2D eigenvalue weighted by molar-refractivity contribution is -0.277. The second kappa shape index (κ2) is 7.16. The van der Waals surface area contributed by atoms with Gasteiger partial charge in [-0.3, -0.25) is 0 Å². The number of fused-ring (bicyclic) bond motifs is 2. The Morgan fingerprint density at radius 2 is 1.79 bits per heavy atom. The van der Waals surface area contributed by atoms with Gasteiger partial charge in [-0.05, 0) is 35.9 Å². The highest BCUT2D eigenvalue weighted by atomic mass is 16.7. The van der Waals surface area contributed by atoms with Gasteiger partial charge in [-0.2, -0.15) is 0 Å². The molecule has 2 aromatic carbocycles.